The number of nitrogens with one attached hydrogen (secondary N) is 1. The zero-order valence-electron chi connectivity index (χ0n) is 13.2. The molecule has 136 valence electrons. The van der Waals surface area contributed by atoms with Gasteiger partial charge in [-0.05, 0) is 24.6 Å². The number of amides is 1. The average molecular weight is 369 g/mol. The second-order valence-corrected chi connectivity index (χ2v) is 5.30. The number of hydrogen-bond acceptors (Lipinski definition) is 5. The Morgan fingerprint density at radius 3 is 2.69 bits per heavy atom. The number of aromatic nitrogens is 6. The first kappa shape index (κ1) is 17.5. The number of rotatable bonds is 4. The monoisotopic (exact) mass is 369 g/mol. The minimum Gasteiger partial charge on any atom is -0.265 e. The van der Waals surface area contributed by atoms with E-state index in [2.05, 4.69) is 25.9 Å². The Hall–Kier alpha value is -3.31. The van der Waals surface area contributed by atoms with Gasteiger partial charge in [0.2, 0.25) is 0 Å². The maximum Gasteiger partial charge on any atom is 0.419 e. The van der Waals surface area contributed by atoms with Gasteiger partial charge in [-0.25, -0.2) is 13.7 Å². The molecule has 1 amide bonds. The van der Waals surface area contributed by atoms with Crippen LogP contribution in [0.2, 0.25) is 0 Å². The minimum absolute atomic E-state index is 0.0590. The van der Waals surface area contributed by atoms with Gasteiger partial charge in [0.05, 0.1) is 18.3 Å². The molecule has 1 aromatic carbocycles. The van der Waals surface area contributed by atoms with Gasteiger partial charge in [0.1, 0.15) is 18.0 Å². The van der Waals surface area contributed by atoms with E-state index in [1.165, 1.54) is 27.9 Å². The van der Waals surface area contributed by atoms with Crippen molar-refractivity contribution in [1.29, 1.82) is 0 Å². The summed E-state index contributed by atoms with van der Waals surface area (Å²) < 4.78 is 54.0. The number of carbonyl (C=O) groups is 1. The maximum absolute atomic E-state index is 13.3. The summed E-state index contributed by atoms with van der Waals surface area (Å²) in [4.78, 5) is 12.1. The molecule has 0 radical (unpaired) electrons. The lowest BCUT2D eigenvalue weighted by Crippen LogP contribution is -2.23. The van der Waals surface area contributed by atoms with Gasteiger partial charge >= 0.3 is 6.18 Å². The number of hydrogen-bond donors (Lipinski definition) is 1. The summed E-state index contributed by atoms with van der Waals surface area (Å²) in [5.74, 6) is -1.52. The molecule has 3 aromatic rings. The highest BCUT2D eigenvalue weighted by Crippen LogP contribution is 2.32. The summed E-state index contributed by atoms with van der Waals surface area (Å²) in [5.41, 5.74) is 1.19. The molecule has 0 saturated carbocycles. The van der Waals surface area contributed by atoms with Gasteiger partial charge < -0.3 is 0 Å². The molecule has 2 aromatic heterocycles. The van der Waals surface area contributed by atoms with Crippen molar-refractivity contribution in [2.24, 2.45) is 0 Å². The van der Waals surface area contributed by atoms with Gasteiger partial charge in [-0.1, -0.05) is 11.3 Å². The van der Waals surface area contributed by atoms with Crippen molar-refractivity contribution in [3.8, 4) is 0 Å². The molecule has 12 heteroatoms. The molecule has 1 N–H and O–H groups in total. The van der Waals surface area contributed by atoms with Gasteiger partial charge in [-0.15, -0.1) is 15.3 Å². The van der Waals surface area contributed by atoms with Crippen molar-refractivity contribution in [3.63, 3.8) is 0 Å². The lowest BCUT2D eigenvalue weighted by molar-refractivity contribution is -0.140. The van der Waals surface area contributed by atoms with Gasteiger partial charge in [-0.2, -0.15) is 13.2 Å². The Morgan fingerprint density at radius 1 is 1.27 bits per heavy atom. The number of carbonyl (C=O) groups excluding carboxylic acids is 1. The van der Waals surface area contributed by atoms with Crippen LogP contribution in [0.15, 0.2) is 30.7 Å². The van der Waals surface area contributed by atoms with Crippen LogP contribution in [0.4, 0.5) is 17.6 Å². The van der Waals surface area contributed by atoms with Gasteiger partial charge in [-0.3, -0.25) is 10.2 Å². The van der Waals surface area contributed by atoms with E-state index >= 15 is 0 Å². The summed E-state index contributed by atoms with van der Waals surface area (Å²) in [6, 6.07) is 2.63. The lowest BCUT2D eigenvalue weighted by atomic mass is 10.1. The van der Waals surface area contributed by atoms with Crippen LogP contribution in [0.1, 0.15) is 27.4 Å². The number of aryl methyl sites for hydroxylation is 1. The Labute approximate surface area is 143 Å². The topological polar surface area (TPSA) is 90.5 Å². The largest absolute Gasteiger partial charge is 0.419 e. The fraction of sp³-hybridized carbons (Fsp3) is 0.214. The predicted octanol–water partition coefficient (Wildman–Crippen LogP) is 1.77. The molecule has 0 spiro atoms. The Kier molecular flexibility index (Phi) is 4.40. The number of halogens is 4. The predicted molar refractivity (Wildman–Crippen MR) is 79.0 cm³/mol. The molecule has 0 aliphatic rings. The number of benzene rings is 1. The third-order valence-corrected chi connectivity index (χ3v) is 3.39. The zero-order valence-corrected chi connectivity index (χ0v) is 13.2. The lowest BCUT2D eigenvalue weighted by Gasteiger charge is -2.10. The van der Waals surface area contributed by atoms with E-state index in [0.717, 1.165) is 6.07 Å². The van der Waals surface area contributed by atoms with E-state index in [1.54, 1.807) is 6.92 Å². The second kappa shape index (κ2) is 6.54. The normalized spacial score (nSPS) is 11.6. The fourth-order valence-electron chi connectivity index (χ4n) is 2.12. The highest BCUT2D eigenvalue weighted by molar-refractivity contribution is 5.97. The van der Waals surface area contributed by atoms with E-state index < -0.39 is 23.5 Å². The van der Waals surface area contributed by atoms with Crippen LogP contribution in [0.3, 0.4) is 0 Å². The summed E-state index contributed by atoms with van der Waals surface area (Å²) in [6.07, 6.45) is -2.26. The van der Waals surface area contributed by atoms with Gasteiger partial charge in [0.25, 0.3) is 5.91 Å². The smallest absolute Gasteiger partial charge is 0.265 e. The average Bonchev–Trinajstić information content (AvgIpc) is 3.18. The SMILES string of the molecule is Cc1nncn1NC(=O)c1cn(Cc2ccc(F)c(C(F)(F)F)c2)nn1. The van der Waals surface area contributed by atoms with E-state index in [-0.39, 0.29) is 17.8 Å². The third kappa shape index (κ3) is 3.68. The maximum atomic E-state index is 13.3. The van der Waals surface area contributed by atoms with Crippen LogP contribution in [0, 0.1) is 12.7 Å². The minimum atomic E-state index is -4.80. The van der Waals surface area contributed by atoms with E-state index in [1.807, 2.05) is 0 Å². The Balaban J connectivity index is 1.75. The van der Waals surface area contributed by atoms with Crippen molar-refractivity contribution in [2.45, 2.75) is 19.6 Å². The molecular formula is C14H11F4N7O. The van der Waals surface area contributed by atoms with Crippen molar-refractivity contribution < 1.29 is 22.4 Å². The van der Waals surface area contributed by atoms with Crippen molar-refractivity contribution in [3.05, 3.63) is 59.2 Å². The van der Waals surface area contributed by atoms with Gasteiger partial charge in [0.15, 0.2) is 5.69 Å². The first-order chi connectivity index (χ1) is 12.2. The fourth-order valence-corrected chi connectivity index (χ4v) is 2.12. The summed E-state index contributed by atoms with van der Waals surface area (Å²) in [6.45, 7) is 1.51. The third-order valence-electron chi connectivity index (χ3n) is 3.39. The second-order valence-electron chi connectivity index (χ2n) is 5.30. The van der Waals surface area contributed by atoms with Gasteiger partial charge in [0, 0.05) is 0 Å². The molecule has 0 atom stereocenters. The quantitative estimate of drug-likeness (QED) is 0.708. The molecule has 8 nitrogen and oxygen atoms in total. The van der Waals surface area contributed by atoms with Crippen LogP contribution >= 0.6 is 0 Å². The highest BCUT2D eigenvalue weighted by Gasteiger charge is 2.34. The summed E-state index contributed by atoms with van der Waals surface area (Å²) in [7, 11) is 0. The van der Waals surface area contributed by atoms with Crippen molar-refractivity contribution in [2.75, 3.05) is 5.43 Å². The Morgan fingerprint density at radius 2 is 2.04 bits per heavy atom. The molecule has 0 aliphatic heterocycles. The molecule has 3 rings (SSSR count). The molecule has 0 fully saturated rings. The summed E-state index contributed by atoms with van der Waals surface area (Å²) >= 11 is 0. The molecule has 0 saturated heterocycles. The van der Waals surface area contributed by atoms with E-state index in [0.29, 0.717) is 11.9 Å². The van der Waals surface area contributed by atoms with Crippen LogP contribution in [-0.2, 0) is 12.7 Å². The zero-order chi connectivity index (χ0) is 18.9. The van der Waals surface area contributed by atoms with Crippen molar-refractivity contribution in [1.82, 2.24) is 29.9 Å². The number of alkyl halides is 3. The molecule has 2 heterocycles. The van der Waals surface area contributed by atoms with Crippen LogP contribution < -0.4 is 5.43 Å². The summed E-state index contributed by atoms with van der Waals surface area (Å²) in [5, 5.41) is 14.6. The molecule has 0 bridgehead atoms. The molecule has 0 unspecified atom stereocenters. The van der Waals surface area contributed by atoms with Crippen molar-refractivity contribution >= 4 is 5.91 Å². The first-order valence-corrected chi connectivity index (χ1v) is 7.18. The van der Waals surface area contributed by atoms with Crippen LogP contribution in [0.5, 0.6) is 0 Å². The molecule has 0 aliphatic carbocycles. The van der Waals surface area contributed by atoms with Crippen LogP contribution in [-0.4, -0.2) is 35.8 Å². The van der Waals surface area contributed by atoms with Crippen LogP contribution in [0.25, 0.3) is 0 Å². The van der Waals surface area contributed by atoms with E-state index in [4.69, 9.17) is 0 Å². The first-order valence-electron chi connectivity index (χ1n) is 7.18. The Bertz CT molecular complexity index is 947. The molecular weight excluding hydrogens is 358 g/mol. The number of nitrogens with zero attached hydrogens (tertiary/aromatic N) is 6. The van der Waals surface area contributed by atoms with E-state index in [9.17, 15) is 22.4 Å². The molecule has 26 heavy (non-hydrogen) atoms. The highest BCUT2D eigenvalue weighted by atomic mass is 19.4. The standard InChI is InChI=1S/C14H11F4N7O/c1-8-20-19-7-25(8)22-13(26)12-6-24(23-21-12)5-9-2-3-11(15)10(4-9)14(16,17)18/h2-4,6-7H,5H2,1H3,(H,22,26).